The fourth-order valence-electron chi connectivity index (χ4n) is 2.69. The molecule has 1 N–H and O–H groups in total. The monoisotopic (exact) mass is 324 g/mol. The number of pyridine rings is 1. The van der Waals surface area contributed by atoms with Gasteiger partial charge in [0.25, 0.3) is 11.5 Å². The molecule has 0 aliphatic rings. The van der Waals surface area contributed by atoms with Crippen LogP contribution in [0.15, 0.2) is 53.3 Å². The van der Waals surface area contributed by atoms with Gasteiger partial charge in [-0.25, -0.2) is 4.39 Å². The number of fused-ring (bicyclic) bond motifs is 1. The van der Waals surface area contributed by atoms with Gasteiger partial charge in [-0.15, -0.1) is 0 Å². The lowest BCUT2D eigenvalue weighted by atomic mass is 10.1. The van der Waals surface area contributed by atoms with Gasteiger partial charge in [0.1, 0.15) is 11.5 Å². The molecule has 0 aliphatic heterocycles. The summed E-state index contributed by atoms with van der Waals surface area (Å²) in [7, 11) is 0. The zero-order valence-electron chi connectivity index (χ0n) is 13.5. The van der Waals surface area contributed by atoms with E-state index in [2.05, 4.69) is 5.32 Å². The van der Waals surface area contributed by atoms with Crippen molar-refractivity contribution < 1.29 is 9.18 Å². The van der Waals surface area contributed by atoms with Gasteiger partial charge < -0.3 is 9.88 Å². The highest BCUT2D eigenvalue weighted by atomic mass is 19.1. The summed E-state index contributed by atoms with van der Waals surface area (Å²) < 4.78 is 14.4. The minimum Gasteiger partial charge on any atom is -0.321 e. The molecule has 1 aromatic heterocycles. The number of anilines is 1. The second-order valence-electron chi connectivity index (χ2n) is 5.63. The van der Waals surface area contributed by atoms with E-state index < -0.39 is 5.91 Å². The molecule has 0 fully saturated rings. The lowest BCUT2D eigenvalue weighted by Gasteiger charge is -2.13. The van der Waals surface area contributed by atoms with Gasteiger partial charge in [0.2, 0.25) is 0 Å². The van der Waals surface area contributed by atoms with E-state index in [1.54, 1.807) is 6.07 Å². The number of aryl methyl sites for hydroxylation is 1. The van der Waals surface area contributed by atoms with Gasteiger partial charge in [0.05, 0.1) is 0 Å². The fraction of sp³-hybridized carbons (Fsp3) is 0.158. The quantitative estimate of drug-likeness (QED) is 0.798. The lowest BCUT2D eigenvalue weighted by Crippen LogP contribution is -2.28. The first-order chi connectivity index (χ1) is 11.5. The number of amides is 1. The molecule has 0 spiro atoms. The fourth-order valence-corrected chi connectivity index (χ4v) is 2.69. The Labute approximate surface area is 138 Å². The summed E-state index contributed by atoms with van der Waals surface area (Å²) >= 11 is 0. The van der Waals surface area contributed by atoms with Gasteiger partial charge in [0.15, 0.2) is 0 Å². The van der Waals surface area contributed by atoms with E-state index in [1.807, 2.05) is 32.0 Å². The Morgan fingerprint density at radius 3 is 2.50 bits per heavy atom. The molecule has 0 unspecified atom stereocenters. The maximum atomic E-state index is 13.0. The zero-order valence-corrected chi connectivity index (χ0v) is 13.5. The van der Waals surface area contributed by atoms with Crippen molar-refractivity contribution in [2.45, 2.75) is 20.4 Å². The van der Waals surface area contributed by atoms with Crippen LogP contribution < -0.4 is 10.9 Å². The van der Waals surface area contributed by atoms with E-state index in [0.29, 0.717) is 17.6 Å². The third-order valence-electron chi connectivity index (χ3n) is 3.92. The van der Waals surface area contributed by atoms with E-state index in [0.717, 1.165) is 10.9 Å². The summed E-state index contributed by atoms with van der Waals surface area (Å²) in [5, 5.41) is 4.01. The first kappa shape index (κ1) is 15.9. The van der Waals surface area contributed by atoms with Gasteiger partial charge in [0, 0.05) is 17.6 Å². The summed E-state index contributed by atoms with van der Waals surface area (Å²) in [6, 6.07) is 12.8. The molecule has 2 aromatic carbocycles. The number of carbonyl (C=O) groups excluding carboxylic acids is 1. The Hall–Kier alpha value is -2.95. The number of nitrogens with one attached hydrogen (secondary N) is 1. The van der Waals surface area contributed by atoms with Crippen LogP contribution in [0.5, 0.6) is 0 Å². The third-order valence-corrected chi connectivity index (χ3v) is 3.92. The van der Waals surface area contributed by atoms with Crippen molar-refractivity contribution in [3.63, 3.8) is 0 Å². The Morgan fingerprint density at radius 1 is 1.12 bits per heavy atom. The predicted octanol–water partition coefficient (Wildman–Crippen LogP) is 3.72. The molecule has 4 nitrogen and oxygen atoms in total. The number of halogens is 1. The minimum atomic E-state index is -0.400. The van der Waals surface area contributed by atoms with Crippen molar-refractivity contribution in [3.05, 3.63) is 76.0 Å². The summed E-state index contributed by atoms with van der Waals surface area (Å²) in [5.41, 5.74) is 1.55. The normalized spacial score (nSPS) is 10.8. The highest BCUT2D eigenvalue weighted by molar-refractivity contribution is 6.05. The van der Waals surface area contributed by atoms with Crippen LogP contribution in [-0.4, -0.2) is 10.5 Å². The van der Waals surface area contributed by atoms with Gasteiger partial charge in [-0.05, 0) is 55.6 Å². The number of aromatic nitrogens is 1. The average molecular weight is 324 g/mol. The van der Waals surface area contributed by atoms with Crippen LogP contribution in [0.25, 0.3) is 10.8 Å². The van der Waals surface area contributed by atoms with Crippen molar-refractivity contribution in [1.29, 1.82) is 0 Å². The van der Waals surface area contributed by atoms with E-state index in [9.17, 15) is 14.0 Å². The van der Waals surface area contributed by atoms with E-state index >= 15 is 0 Å². The second-order valence-corrected chi connectivity index (χ2v) is 5.63. The van der Waals surface area contributed by atoms with Crippen LogP contribution >= 0.6 is 0 Å². The molecule has 0 aliphatic carbocycles. The Bertz CT molecular complexity index is 975. The van der Waals surface area contributed by atoms with Gasteiger partial charge in [-0.1, -0.05) is 17.7 Å². The summed E-state index contributed by atoms with van der Waals surface area (Å²) in [6.07, 6.45) is 0. The molecule has 0 radical (unpaired) electrons. The SMILES string of the molecule is CCn1c(C(=O)Nc2ccc(F)cc2)cc2ccc(C)cc2c1=O. The van der Waals surface area contributed by atoms with Crippen LogP contribution in [0.2, 0.25) is 0 Å². The first-order valence-electron chi connectivity index (χ1n) is 7.70. The van der Waals surface area contributed by atoms with Crippen molar-refractivity contribution in [2.75, 3.05) is 5.32 Å². The molecular weight excluding hydrogens is 307 g/mol. The predicted molar refractivity (Wildman–Crippen MR) is 93.0 cm³/mol. The maximum Gasteiger partial charge on any atom is 0.272 e. The molecule has 0 atom stereocenters. The molecule has 24 heavy (non-hydrogen) atoms. The van der Waals surface area contributed by atoms with Crippen LogP contribution in [0.4, 0.5) is 10.1 Å². The van der Waals surface area contributed by atoms with Crippen molar-refractivity contribution >= 4 is 22.4 Å². The van der Waals surface area contributed by atoms with Gasteiger partial charge in [-0.3, -0.25) is 9.59 Å². The number of rotatable bonds is 3. The number of hydrogen-bond donors (Lipinski definition) is 1. The van der Waals surface area contributed by atoms with Gasteiger partial charge in [-0.2, -0.15) is 0 Å². The smallest absolute Gasteiger partial charge is 0.272 e. The first-order valence-corrected chi connectivity index (χ1v) is 7.70. The Kier molecular flexibility index (Phi) is 4.16. The molecular formula is C19H17FN2O2. The second kappa shape index (κ2) is 6.28. The lowest BCUT2D eigenvalue weighted by molar-refractivity contribution is 0.101. The van der Waals surface area contributed by atoms with E-state index in [-0.39, 0.29) is 17.1 Å². The highest BCUT2D eigenvalue weighted by Crippen LogP contribution is 2.16. The van der Waals surface area contributed by atoms with Gasteiger partial charge >= 0.3 is 0 Å². The zero-order chi connectivity index (χ0) is 17.3. The van der Waals surface area contributed by atoms with Crippen molar-refractivity contribution in [3.8, 4) is 0 Å². The molecule has 3 aromatic rings. The molecule has 1 heterocycles. The number of benzene rings is 2. The number of carbonyl (C=O) groups is 1. The topological polar surface area (TPSA) is 51.1 Å². The summed E-state index contributed by atoms with van der Waals surface area (Å²) in [6.45, 7) is 4.12. The van der Waals surface area contributed by atoms with E-state index in [1.165, 1.54) is 28.8 Å². The van der Waals surface area contributed by atoms with Crippen LogP contribution in [0.1, 0.15) is 23.0 Å². The standard InChI is InChI=1S/C19H17FN2O2/c1-3-22-17(18(23)21-15-8-6-14(20)7-9-15)11-13-5-4-12(2)10-16(13)19(22)24/h4-11H,3H2,1-2H3,(H,21,23). The Balaban J connectivity index is 2.07. The average Bonchev–Trinajstić information content (AvgIpc) is 2.57. The molecule has 0 saturated carbocycles. The largest absolute Gasteiger partial charge is 0.321 e. The summed E-state index contributed by atoms with van der Waals surface area (Å²) in [4.78, 5) is 25.2. The van der Waals surface area contributed by atoms with E-state index in [4.69, 9.17) is 0 Å². The van der Waals surface area contributed by atoms with Crippen molar-refractivity contribution in [2.24, 2.45) is 0 Å². The minimum absolute atomic E-state index is 0.192. The Morgan fingerprint density at radius 2 is 1.83 bits per heavy atom. The highest BCUT2D eigenvalue weighted by Gasteiger charge is 2.15. The maximum absolute atomic E-state index is 13.0. The van der Waals surface area contributed by atoms with Crippen LogP contribution in [0.3, 0.4) is 0 Å². The third kappa shape index (κ3) is 2.93. The number of hydrogen-bond acceptors (Lipinski definition) is 2. The van der Waals surface area contributed by atoms with Crippen LogP contribution in [-0.2, 0) is 6.54 Å². The van der Waals surface area contributed by atoms with Crippen LogP contribution in [0, 0.1) is 12.7 Å². The molecule has 5 heteroatoms. The molecule has 3 rings (SSSR count). The number of nitrogens with zero attached hydrogens (tertiary/aromatic N) is 1. The molecule has 1 amide bonds. The molecule has 122 valence electrons. The molecule has 0 bridgehead atoms. The summed E-state index contributed by atoms with van der Waals surface area (Å²) in [5.74, 6) is -0.775. The van der Waals surface area contributed by atoms with Crippen molar-refractivity contribution in [1.82, 2.24) is 4.57 Å². The molecule has 0 saturated heterocycles.